The monoisotopic (exact) mass is 378 g/mol. The van der Waals surface area contributed by atoms with Crippen LogP contribution in [0.4, 0.5) is 5.82 Å². The Balaban J connectivity index is 1.37. The molecule has 2 saturated heterocycles. The molecule has 0 spiro atoms. The molecular weight excluding hydrogens is 348 g/mol. The Labute approximate surface area is 168 Å². The Morgan fingerprint density at radius 3 is 2.43 bits per heavy atom. The molecule has 0 N–H and O–H groups in total. The van der Waals surface area contributed by atoms with Crippen LogP contribution in [0.5, 0.6) is 0 Å². The summed E-state index contributed by atoms with van der Waals surface area (Å²) in [6, 6.07) is 14.7. The van der Waals surface area contributed by atoms with Gasteiger partial charge in [0, 0.05) is 45.5 Å². The summed E-state index contributed by atoms with van der Waals surface area (Å²) < 4.78 is 0. The highest BCUT2D eigenvalue weighted by molar-refractivity contribution is 5.94. The third kappa shape index (κ3) is 4.36. The number of hydrogen-bond acceptors (Lipinski definition) is 4. The number of benzene rings is 1. The predicted molar refractivity (Wildman–Crippen MR) is 113 cm³/mol. The molecule has 28 heavy (non-hydrogen) atoms. The smallest absolute Gasteiger partial charge is 0.255 e. The van der Waals surface area contributed by atoms with E-state index in [1.807, 2.05) is 17.0 Å². The van der Waals surface area contributed by atoms with Gasteiger partial charge in [0.2, 0.25) is 0 Å². The molecule has 0 bridgehead atoms. The van der Waals surface area contributed by atoms with Crippen molar-refractivity contribution >= 4 is 11.7 Å². The summed E-state index contributed by atoms with van der Waals surface area (Å²) in [4.78, 5) is 24.2. The van der Waals surface area contributed by atoms with Crippen LogP contribution in [0.25, 0.3) is 0 Å². The summed E-state index contributed by atoms with van der Waals surface area (Å²) in [5.41, 5.74) is 2.10. The standard InChI is InChI=1S/C23H30N4O/c1-25-14-16-26(17-15-25)22-10-9-21(18-24-22)23(28)27-12-5-8-20(11-13-27)19-6-3-2-4-7-19/h2-4,6-7,9-10,18,20H,5,8,11-17H2,1H3. The predicted octanol–water partition coefficient (Wildman–Crippen LogP) is 3.24. The average Bonchev–Trinajstić information content (AvgIpc) is 3.01. The molecule has 2 aliphatic heterocycles. The lowest BCUT2D eigenvalue weighted by molar-refractivity contribution is 0.0760. The van der Waals surface area contributed by atoms with Crippen LogP contribution in [-0.4, -0.2) is 67.0 Å². The van der Waals surface area contributed by atoms with E-state index in [2.05, 4.69) is 52.2 Å². The molecule has 1 unspecified atom stereocenters. The Hall–Kier alpha value is -2.40. The van der Waals surface area contributed by atoms with E-state index in [1.165, 1.54) is 5.56 Å². The highest BCUT2D eigenvalue weighted by Gasteiger charge is 2.23. The van der Waals surface area contributed by atoms with Crippen LogP contribution in [0.15, 0.2) is 48.7 Å². The molecule has 0 radical (unpaired) electrons. The number of aromatic nitrogens is 1. The molecule has 1 aromatic carbocycles. The molecule has 5 heteroatoms. The second-order valence-electron chi connectivity index (χ2n) is 8.03. The third-order valence-corrected chi connectivity index (χ3v) is 6.11. The summed E-state index contributed by atoms with van der Waals surface area (Å²) in [5.74, 6) is 1.65. The highest BCUT2D eigenvalue weighted by atomic mass is 16.2. The van der Waals surface area contributed by atoms with E-state index in [-0.39, 0.29) is 5.91 Å². The van der Waals surface area contributed by atoms with Gasteiger partial charge < -0.3 is 14.7 Å². The van der Waals surface area contributed by atoms with E-state index >= 15 is 0 Å². The first-order valence-electron chi connectivity index (χ1n) is 10.4. The van der Waals surface area contributed by atoms with Crippen molar-refractivity contribution in [3.8, 4) is 0 Å². The molecule has 148 valence electrons. The van der Waals surface area contributed by atoms with Gasteiger partial charge in [-0.1, -0.05) is 30.3 Å². The number of nitrogens with zero attached hydrogens (tertiary/aromatic N) is 4. The number of amides is 1. The van der Waals surface area contributed by atoms with E-state index in [4.69, 9.17) is 0 Å². The van der Waals surface area contributed by atoms with Crippen molar-refractivity contribution in [1.29, 1.82) is 0 Å². The second-order valence-corrected chi connectivity index (χ2v) is 8.03. The third-order valence-electron chi connectivity index (χ3n) is 6.11. The van der Waals surface area contributed by atoms with Gasteiger partial charge in [0.1, 0.15) is 5.82 Å². The van der Waals surface area contributed by atoms with Crippen molar-refractivity contribution in [2.45, 2.75) is 25.2 Å². The number of anilines is 1. The van der Waals surface area contributed by atoms with Gasteiger partial charge in [-0.3, -0.25) is 4.79 Å². The molecule has 2 aromatic rings. The molecule has 1 amide bonds. The molecular formula is C23H30N4O. The molecule has 5 nitrogen and oxygen atoms in total. The van der Waals surface area contributed by atoms with Gasteiger partial charge in [-0.25, -0.2) is 4.98 Å². The Kier molecular flexibility index (Phi) is 5.91. The van der Waals surface area contributed by atoms with Gasteiger partial charge >= 0.3 is 0 Å². The summed E-state index contributed by atoms with van der Waals surface area (Å²) in [5, 5.41) is 0. The molecule has 3 heterocycles. The number of rotatable bonds is 3. The topological polar surface area (TPSA) is 39.7 Å². The van der Waals surface area contributed by atoms with Crippen molar-refractivity contribution in [2.24, 2.45) is 0 Å². The molecule has 0 saturated carbocycles. The molecule has 1 aromatic heterocycles. The van der Waals surface area contributed by atoms with Gasteiger partial charge in [-0.05, 0) is 49.9 Å². The van der Waals surface area contributed by atoms with Crippen LogP contribution < -0.4 is 4.90 Å². The SMILES string of the molecule is CN1CCN(c2ccc(C(=O)N3CCCC(c4ccccc4)CC3)cn2)CC1. The lowest BCUT2D eigenvalue weighted by atomic mass is 9.92. The van der Waals surface area contributed by atoms with Crippen LogP contribution in [0.2, 0.25) is 0 Å². The van der Waals surface area contributed by atoms with Gasteiger partial charge in [0.25, 0.3) is 5.91 Å². The van der Waals surface area contributed by atoms with Crippen LogP contribution >= 0.6 is 0 Å². The molecule has 1 atom stereocenters. The summed E-state index contributed by atoms with van der Waals surface area (Å²) >= 11 is 0. The zero-order valence-electron chi connectivity index (χ0n) is 16.8. The van der Waals surface area contributed by atoms with Crippen LogP contribution in [0.1, 0.15) is 41.1 Å². The minimum atomic E-state index is 0.117. The maximum atomic E-state index is 13.0. The Bertz CT molecular complexity index is 769. The quantitative estimate of drug-likeness (QED) is 0.822. The van der Waals surface area contributed by atoms with Gasteiger partial charge in [-0.2, -0.15) is 0 Å². The summed E-state index contributed by atoms with van der Waals surface area (Å²) in [7, 11) is 2.15. The molecule has 2 aliphatic rings. The number of likely N-dealkylation sites (N-methyl/N-ethyl adjacent to an activating group) is 1. The molecule has 0 aliphatic carbocycles. The average molecular weight is 379 g/mol. The lowest BCUT2D eigenvalue weighted by Gasteiger charge is -2.33. The van der Waals surface area contributed by atoms with Crippen molar-refractivity contribution < 1.29 is 4.79 Å². The van der Waals surface area contributed by atoms with E-state index in [1.54, 1.807) is 6.20 Å². The van der Waals surface area contributed by atoms with Gasteiger partial charge in [0.15, 0.2) is 0 Å². The Morgan fingerprint density at radius 1 is 0.929 bits per heavy atom. The number of pyridine rings is 1. The van der Waals surface area contributed by atoms with Gasteiger partial charge in [0.05, 0.1) is 5.56 Å². The summed E-state index contributed by atoms with van der Waals surface area (Å²) in [6.45, 7) is 5.74. The van der Waals surface area contributed by atoms with E-state index < -0.39 is 0 Å². The maximum absolute atomic E-state index is 13.0. The lowest BCUT2D eigenvalue weighted by Crippen LogP contribution is -2.44. The first-order valence-corrected chi connectivity index (χ1v) is 10.4. The first-order chi connectivity index (χ1) is 13.7. The fraction of sp³-hybridized carbons (Fsp3) is 0.478. The summed E-state index contributed by atoms with van der Waals surface area (Å²) in [6.07, 6.45) is 4.99. The van der Waals surface area contributed by atoms with Crippen molar-refractivity contribution in [1.82, 2.24) is 14.8 Å². The van der Waals surface area contributed by atoms with Crippen molar-refractivity contribution in [2.75, 3.05) is 51.2 Å². The number of likely N-dealkylation sites (tertiary alicyclic amines) is 1. The minimum Gasteiger partial charge on any atom is -0.354 e. The normalized spacial score (nSPS) is 21.4. The van der Waals surface area contributed by atoms with Crippen LogP contribution in [-0.2, 0) is 0 Å². The Morgan fingerprint density at radius 2 is 1.71 bits per heavy atom. The highest BCUT2D eigenvalue weighted by Crippen LogP contribution is 2.28. The molecule has 4 rings (SSSR count). The van der Waals surface area contributed by atoms with Crippen molar-refractivity contribution in [3.05, 3.63) is 59.8 Å². The zero-order chi connectivity index (χ0) is 19.3. The molecule has 2 fully saturated rings. The minimum absolute atomic E-state index is 0.117. The fourth-order valence-corrected chi connectivity index (χ4v) is 4.28. The maximum Gasteiger partial charge on any atom is 0.255 e. The van der Waals surface area contributed by atoms with E-state index in [0.717, 1.165) is 64.3 Å². The second kappa shape index (κ2) is 8.74. The fourth-order valence-electron chi connectivity index (χ4n) is 4.28. The van der Waals surface area contributed by atoms with Gasteiger partial charge in [-0.15, -0.1) is 0 Å². The van der Waals surface area contributed by atoms with Crippen LogP contribution in [0.3, 0.4) is 0 Å². The zero-order valence-corrected chi connectivity index (χ0v) is 16.8. The van der Waals surface area contributed by atoms with E-state index in [9.17, 15) is 4.79 Å². The van der Waals surface area contributed by atoms with Crippen LogP contribution in [0, 0.1) is 0 Å². The largest absolute Gasteiger partial charge is 0.354 e. The van der Waals surface area contributed by atoms with Crippen molar-refractivity contribution in [3.63, 3.8) is 0 Å². The number of piperazine rings is 1. The number of carbonyl (C=O) groups is 1. The van der Waals surface area contributed by atoms with E-state index in [0.29, 0.717) is 11.5 Å². The number of carbonyl (C=O) groups excluding carboxylic acids is 1. The number of hydrogen-bond donors (Lipinski definition) is 0. The first kappa shape index (κ1) is 18.9.